The number of H-pyrrole nitrogens is 2. The van der Waals surface area contributed by atoms with Crippen molar-refractivity contribution in [2.75, 3.05) is 50.9 Å². The number of amides is 2. The molecule has 4 rings (SSSR count). The predicted molar refractivity (Wildman–Crippen MR) is 220 cm³/mol. The first-order valence-electron chi connectivity index (χ1n) is 19.6. The molecule has 0 saturated carbocycles. The molecule has 1 aliphatic rings. The molecule has 3 aromatic heterocycles. The van der Waals surface area contributed by atoms with Crippen molar-refractivity contribution in [3.63, 3.8) is 0 Å². The van der Waals surface area contributed by atoms with Gasteiger partial charge in [0.15, 0.2) is 11.9 Å². The molecule has 17 nitrogen and oxygen atoms in total. The van der Waals surface area contributed by atoms with Crippen LogP contribution < -0.4 is 28.4 Å². The highest BCUT2D eigenvalue weighted by molar-refractivity contribution is 5.78. The lowest BCUT2D eigenvalue weighted by molar-refractivity contribution is -0.136. The van der Waals surface area contributed by atoms with Crippen LogP contribution in [0.25, 0.3) is 0 Å². The number of nitrogen functional groups attached to an aromatic ring is 2. The molecule has 3 aromatic rings. The molecule has 17 heteroatoms. The summed E-state index contributed by atoms with van der Waals surface area (Å²) in [5.41, 5.74) is 21.0. The largest absolute Gasteiger partial charge is 0.401 e. The van der Waals surface area contributed by atoms with Crippen molar-refractivity contribution in [2.24, 2.45) is 22.4 Å². The second-order valence-electron chi connectivity index (χ2n) is 15.1. The van der Waals surface area contributed by atoms with Crippen LogP contribution in [0, 0.1) is 10.8 Å². The average molecular weight is 773 g/mol. The normalized spacial score (nSPS) is 13.1. The van der Waals surface area contributed by atoms with Gasteiger partial charge in [0.1, 0.15) is 13.1 Å². The van der Waals surface area contributed by atoms with Crippen molar-refractivity contribution in [2.45, 2.75) is 120 Å². The van der Waals surface area contributed by atoms with Crippen LogP contribution in [0.5, 0.6) is 0 Å². The maximum atomic E-state index is 12.1. The first-order chi connectivity index (χ1) is 26.1. The lowest BCUT2D eigenvalue weighted by atomic mass is 9.74. The third-order valence-corrected chi connectivity index (χ3v) is 8.12. The zero-order chi connectivity index (χ0) is 41.4. The number of aromatic nitrogens is 7. The maximum absolute atomic E-state index is 12.1. The SMILES string of the molecule is CC.CC.CC(C)(C)CC(C)(C)CCNC(=O)CN(N)/C=C(\N)CCCc1cnc(N)[nH]1.Nc1ncc(CCCc2cn(CC(=O)N3CCOCC3)nn2)[nH]1. The number of aromatic amines is 2. The van der Waals surface area contributed by atoms with Gasteiger partial charge in [0.05, 0.1) is 31.3 Å². The van der Waals surface area contributed by atoms with Crippen molar-refractivity contribution >= 4 is 23.7 Å². The molecule has 0 aromatic carbocycles. The van der Waals surface area contributed by atoms with E-state index in [0.29, 0.717) is 56.9 Å². The third-order valence-electron chi connectivity index (χ3n) is 8.12. The number of hydrazine groups is 1. The van der Waals surface area contributed by atoms with Gasteiger partial charge in [-0.05, 0) is 62.2 Å². The van der Waals surface area contributed by atoms with E-state index in [9.17, 15) is 9.59 Å². The van der Waals surface area contributed by atoms with E-state index >= 15 is 0 Å². The highest BCUT2D eigenvalue weighted by Crippen LogP contribution is 2.35. The van der Waals surface area contributed by atoms with E-state index in [0.717, 1.165) is 62.0 Å². The first-order valence-corrected chi connectivity index (χ1v) is 19.6. The number of hydrogen-bond donors (Lipinski definition) is 7. The molecule has 0 atom stereocenters. The van der Waals surface area contributed by atoms with Crippen LogP contribution in [0.1, 0.15) is 111 Å². The van der Waals surface area contributed by atoms with Gasteiger partial charge in [-0.15, -0.1) is 5.10 Å². The van der Waals surface area contributed by atoms with Crippen LogP contribution in [-0.2, 0) is 40.1 Å². The van der Waals surface area contributed by atoms with Gasteiger partial charge >= 0.3 is 0 Å². The van der Waals surface area contributed by atoms with Crippen LogP contribution in [-0.4, -0.2) is 96.0 Å². The van der Waals surface area contributed by atoms with Gasteiger partial charge in [-0.25, -0.2) is 20.5 Å². The number of nitrogens with one attached hydrogen (secondary N) is 3. The number of carbonyl (C=O) groups is 2. The Balaban J connectivity index is 0.000000510. The molecular weight excluding hydrogens is 701 g/mol. The van der Waals surface area contributed by atoms with Gasteiger partial charge in [0.25, 0.3) is 0 Å². The standard InChI is InChI=1S/C20H39N7O.C14H21N7O2.2C2H6/c1-19(2,3)14-20(4,5)9-10-24-17(28)13-27(23)12-15(21)7-6-8-16-11-25-18(22)26-16;15-14-16-8-11(17-14)2-1-3-12-9-21(19-18-12)10-13(22)20-4-6-23-7-5-20;2*1-2/h11-12H,6-10,13-14,21,23H2,1-5H3,(H,24,28)(H3,22,25,26);8-9H,1-7,10H2,(H3,15,16,17);2*1-2H3/b15-12-;;;. The Labute approximate surface area is 328 Å². The summed E-state index contributed by atoms with van der Waals surface area (Å²) in [6.45, 7) is 22.6. The number of ether oxygens (including phenoxy) is 1. The Kier molecular flexibility index (Phi) is 22.4. The smallest absolute Gasteiger partial charge is 0.244 e. The lowest BCUT2D eigenvalue weighted by Gasteiger charge is -2.32. The maximum Gasteiger partial charge on any atom is 0.244 e. The summed E-state index contributed by atoms with van der Waals surface area (Å²) >= 11 is 0. The zero-order valence-electron chi connectivity index (χ0n) is 35.1. The highest BCUT2D eigenvalue weighted by Gasteiger charge is 2.25. The van der Waals surface area contributed by atoms with E-state index in [1.54, 1.807) is 28.2 Å². The van der Waals surface area contributed by atoms with Crippen LogP contribution in [0.15, 0.2) is 30.5 Å². The van der Waals surface area contributed by atoms with Gasteiger partial charge in [0.2, 0.25) is 11.8 Å². The van der Waals surface area contributed by atoms with E-state index < -0.39 is 0 Å². The number of morpholine rings is 1. The molecule has 0 aliphatic carbocycles. The Morgan fingerprint density at radius 1 is 0.945 bits per heavy atom. The quantitative estimate of drug-likeness (QED) is 0.0761. The van der Waals surface area contributed by atoms with E-state index in [2.05, 4.69) is 70.2 Å². The fourth-order valence-corrected chi connectivity index (χ4v) is 6.14. The first kappa shape index (κ1) is 48.4. The van der Waals surface area contributed by atoms with Gasteiger partial charge in [-0.2, -0.15) is 0 Å². The third kappa shape index (κ3) is 21.7. The second kappa shape index (κ2) is 25.4. The van der Waals surface area contributed by atoms with Crippen molar-refractivity contribution < 1.29 is 14.3 Å². The molecule has 1 fully saturated rings. The predicted octanol–water partition coefficient (Wildman–Crippen LogP) is 3.93. The fraction of sp³-hybridized carbons (Fsp3) is 0.684. The van der Waals surface area contributed by atoms with E-state index in [-0.39, 0.29) is 35.7 Å². The topological polar surface area (TPSA) is 254 Å². The Morgan fingerprint density at radius 2 is 1.53 bits per heavy atom. The molecule has 11 N–H and O–H groups in total. The molecule has 312 valence electrons. The Bertz CT molecular complexity index is 1520. The van der Waals surface area contributed by atoms with Crippen LogP contribution in [0.2, 0.25) is 0 Å². The zero-order valence-corrected chi connectivity index (χ0v) is 35.1. The molecule has 1 saturated heterocycles. The lowest BCUT2D eigenvalue weighted by Crippen LogP contribution is -2.42. The van der Waals surface area contributed by atoms with Crippen molar-refractivity contribution in [1.82, 2.24) is 50.2 Å². The van der Waals surface area contributed by atoms with Crippen LogP contribution in [0.4, 0.5) is 11.9 Å². The minimum Gasteiger partial charge on any atom is -0.401 e. The van der Waals surface area contributed by atoms with Crippen LogP contribution >= 0.6 is 0 Å². The summed E-state index contributed by atoms with van der Waals surface area (Å²) in [5.74, 6) is 6.69. The van der Waals surface area contributed by atoms with E-state index in [1.165, 1.54) is 5.01 Å². The van der Waals surface area contributed by atoms with E-state index in [4.69, 9.17) is 27.8 Å². The van der Waals surface area contributed by atoms with Crippen molar-refractivity contribution in [3.05, 3.63) is 47.6 Å². The molecule has 0 spiro atoms. The summed E-state index contributed by atoms with van der Waals surface area (Å²) in [4.78, 5) is 39.9. The van der Waals surface area contributed by atoms with Gasteiger partial charge in [0, 0.05) is 49.1 Å². The number of carbonyl (C=O) groups excluding carboxylic acids is 2. The van der Waals surface area contributed by atoms with Crippen LogP contribution in [0.3, 0.4) is 0 Å². The summed E-state index contributed by atoms with van der Waals surface area (Å²) in [7, 11) is 0. The number of nitrogens with two attached hydrogens (primary N) is 4. The fourth-order valence-electron chi connectivity index (χ4n) is 6.14. The Morgan fingerprint density at radius 3 is 2.07 bits per heavy atom. The average Bonchev–Trinajstić information content (AvgIpc) is 3.87. The number of rotatable bonds is 17. The number of nitrogens with zero attached hydrogens (tertiary/aromatic N) is 7. The molecule has 4 heterocycles. The summed E-state index contributed by atoms with van der Waals surface area (Å²) < 4.78 is 6.84. The summed E-state index contributed by atoms with van der Waals surface area (Å²) in [6, 6.07) is 0. The summed E-state index contributed by atoms with van der Waals surface area (Å²) in [5, 5.41) is 12.4. The molecule has 2 amide bonds. The molecular formula is C38H72N14O3. The number of allylic oxidation sites excluding steroid dienone is 1. The Hall–Kier alpha value is -4.64. The molecule has 0 bridgehead atoms. The monoisotopic (exact) mass is 773 g/mol. The number of imidazole rings is 2. The van der Waals surface area contributed by atoms with Gasteiger partial charge < -0.3 is 47.1 Å². The second-order valence-corrected chi connectivity index (χ2v) is 15.1. The summed E-state index contributed by atoms with van der Waals surface area (Å²) in [6.07, 6.45) is 13.8. The number of aryl methyl sites for hydroxylation is 3. The number of anilines is 2. The van der Waals surface area contributed by atoms with Gasteiger partial charge in [-0.3, -0.25) is 9.59 Å². The molecule has 0 radical (unpaired) electrons. The molecule has 1 aliphatic heterocycles. The van der Waals surface area contributed by atoms with Gasteiger partial charge in [-0.1, -0.05) is 67.5 Å². The molecule has 55 heavy (non-hydrogen) atoms. The van der Waals surface area contributed by atoms with E-state index in [1.807, 2.05) is 33.9 Å². The van der Waals surface area contributed by atoms with Crippen molar-refractivity contribution in [3.8, 4) is 0 Å². The highest BCUT2D eigenvalue weighted by atomic mass is 16.5. The van der Waals surface area contributed by atoms with Crippen molar-refractivity contribution in [1.29, 1.82) is 0 Å². The minimum atomic E-state index is -0.106. The number of hydrogen-bond acceptors (Lipinski definition) is 12. The molecule has 0 unspecified atom stereocenters. The minimum absolute atomic E-state index is 0.0534.